The number of carbonyl (C=O) groups is 1. The molecular formula is C22H34FN3O4S. The maximum Gasteiger partial charge on any atom is 0.255 e. The van der Waals surface area contributed by atoms with Crippen LogP contribution < -0.4 is 10.1 Å². The van der Waals surface area contributed by atoms with Gasteiger partial charge in [-0.15, -0.1) is 0 Å². The molecule has 0 aromatic heterocycles. The highest BCUT2D eigenvalue weighted by molar-refractivity contribution is 7.89. The maximum atomic E-state index is 13.5. The molecule has 1 aliphatic heterocycles. The Morgan fingerprint density at radius 2 is 1.84 bits per heavy atom. The third-order valence-corrected chi connectivity index (χ3v) is 8.61. The molecule has 1 heterocycles. The summed E-state index contributed by atoms with van der Waals surface area (Å²) in [6.07, 6.45) is 5.90. The minimum absolute atomic E-state index is 0.179. The lowest BCUT2D eigenvalue weighted by atomic mass is 9.79. The Kier molecular flexibility index (Phi) is 7.93. The van der Waals surface area contributed by atoms with Gasteiger partial charge in [0.15, 0.2) is 0 Å². The van der Waals surface area contributed by atoms with Crippen molar-refractivity contribution in [1.82, 2.24) is 14.5 Å². The highest BCUT2D eigenvalue weighted by atomic mass is 32.2. The molecule has 1 N–H and O–H groups in total. The zero-order valence-corrected chi connectivity index (χ0v) is 19.3. The molecule has 9 heteroatoms. The highest BCUT2D eigenvalue weighted by Crippen LogP contribution is 2.34. The summed E-state index contributed by atoms with van der Waals surface area (Å²) in [5, 5.41) is 3.05. The van der Waals surface area contributed by atoms with Crippen LogP contribution in [0.2, 0.25) is 0 Å². The molecule has 3 rings (SSSR count). The lowest BCUT2D eigenvalue weighted by molar-refractivity contribution is 0.0240. The fourth-order valence-electron chi connectivity index (χ4n) is 4.84. The Bertz CT molecular complexity index is 864. The van der Waals surface area contributed by atoms with Gasteiger partial charge in [-0.2, -0.15) is 4.31 Å². The number of rotatable bonds is 8. The van der Waals surface area contributed by atoms with Crippen LogP contribution in [0.15, 0.2) is 18.2 Å². The van der Waals surface area contributed by atoms with Crippen molar-refractivity contribution in [3.8, 4) is 5.75 Å². The molecule has 0 spiro atoms. The van der Waals surface area contributed by atoms with Crippen molar-refractivity contribution in [2.45, 2.75) is 51.0 Å². The first kappa shape index (κ1) is 23.9. The van der Waals surface area contributed by atoms with Gasteiger partial charge in [0.05, 0.1) is 18.4 Å². The summed E-state index contributed by atoms with van der Waals surface area (Å²) in [6.45, 7) is 4.67. The van der Waals surface area contributed by atoms with E-state index in [1.165, 1.54) is 31.7 Å². The van der Waals surface area contributed by atoms with Crippen LogP contribution in [0.1, 0.15) is 55.8 Å². The van der Waals surface area contributed by atoms with Crippen LogP contribution in [0.25, 0.3) is 0 Å². The number of benzene rings is 1. The van der Waals surface area contributed by atoms with E-state index in [1.807, 2.05) is 6.92 Å². The maximum absolute atomic E-state index is 13.5. The third kappa shape index (κ3) is 5.56. The second kappa shape index (κ2) is 10.3. The highest BCUT2D eigenvalue weighted by Gasteiger charge is 2.41. The average molecular weight is 456 g/mol. The summed E-state index contributed by atoms with van der Waals surface area (Å²) in [6, 6.07) is 3.90. The number of carbonyl (C=O) groups excluding carboxylic acids is 1. The van der Waals surface area contributed by atoms with Crippen LogP contribution in [0.4, 0.5) is 4.39 Å². The van der Waals surface area contributed by atoms with E-state index in [2.05, 4.69) is 10.2 Å². The number of hydrogen-bond donors (Lipinski definition) is 1. The Morgan fingerprint density at radius 3 is 2.45 bits per heavy atom. The van der Waals surface area contributed by atoms with E-state index in [0.29, 0.717) is 44.7 Å². The van der Waals surface area contributed by atoms with Gasteiger partial charge in [0.25, 0.3) is 5.91 Å². The predicted octanol–water partition coefficient (Wildman–Crippen LogP) is 2.62. The zero-order chi connectivity index (χ0) is 22.5. The smallest absolute Gasteiger partial charge is 0.255 e. The minimum Gasteiger partial charge on any atom is -0.496 e. The van der Waals surface area contributed by atoms with Crippen molar-refractivity contribution in [3.05, 3.63) is 29.6 Å². The van der Waals surface area contributed by atoms with Crippen molar-refractivity contribution in [3.63, 3.8) is 0 Å². The minimum atomic E-state index is -3.19. The molecule has 0 radical (unpaired) electrons. The molecule has 1 aliphatic carbocycles. The molecule has 1 amide bonds. The number of amides is 1. The molecule has 1 aromatic carbocycles. The van der Waals surface area contributed by atoms with Crippen molar-refractivity contribution < 1.29 is 22.3 Å². The first-order valence-electron chi connectivity index (χ1n) is 11.2. The van der Waals surface area contributed by atoms with Gasteiger partial charge in [-0.3, -0.25) is 9.69 Å². The van der Waals surface area contributed by atoms with Gasteiger partial charge >= 0.3 is 0 Å². The van der Waals surface area contributed by atoms with Crippen molar-refractivity contribution in [2.24, 2.45) is 0 Å². The van der Waals surface area contributed by atoms with Crippen LogP contribution >= 0.6 is 0 Å². The molecule has 0 atom stereocenters. The summed E-state index contributed by atoms with van der Waals surface area (Å²) in [7, 11) is -1.77. The Labute approximate surface area is 185 Å². The topological polar surface area (TPSA) is 79.0 Å². The van der Waals surface area contributed by atoms with E-state index in [4.69, 9.17) is 4.74 Å². The van der Waals surface area contributed by atoms with Crippen LogP contribution in [0.3, 0.4) is 0 Å². The zero-order valence-electron chi connectivity index (χ0n) is 18.5. The molecule has 2 aliphatic rings. The largest absolute Gasteiger partial charge is 0.496 e. The number of piperazine rings is 1. The summed E-state index contributed by atoms with van der Waals surface area (Å²) in [4.78, 5) is 15.2. The summed E-state index contributed by atoms with van der Waals surface area (Å²) in [5.74, 6) is -0.336. The van der Waals surface area contributed by atoms with Gasteiger partial charge in [-0.05, 0) is 31.4 Å². The van der Waals surface area contributed by atoms with E-state index in [9.17, 15) is 17.6 Å². The summed E-state index contributed by atoms with van der Waals surface area (Å²) < 4.78 is 45.1. The number of nitrogens with one attached hydrogen (secondary N) is 1. The molecule has 1 saturated carbocycles. The Hall–Kier alpha value is -1.71. The van der Waals surface area contributed by atoms with Gasteiger partial charge in [0, 0.05) is 44.3 Å². The van der Waals surface area contributed by atoms with Gasteiger partial charge in [0.2, 0.25) is 10.0 Å². The Balaban J connectivity index is 1.69. The number of sulfonamides is 1. The standard InChI is InChI=1S/C22H34FN3O4S/c1-3-15-31(28,29)26-13-11-25(12-14-26)22(9-5-4-6-10-22)17-24-21(27)19-8-7-18(23)16-20(19)30-2/h7-8,16H,3-6,9-15,17H2,1-2H3,(H,24,27). The lowest BCUT2D eigenvalue weighted by Crippen LogP contribution is -2.62. The van der Waals surface area contributed by atoms with Crippen LogP contribution in [0, 0.1) is 5.82 Å². The lowest BCUT2D eigenvalue weighted by Gasteiger charge is -2.49. The molecule has 2 fully saturated rings. The van der Waals surface area contributed by atoms with Crippen molar-refractivity contribution in [2.75, 3.05) is 45.6 Å². The van der Waals surface area contributed by atoms with Gasteiger partial charge in [-0.1, -0.05) is 26.2 Å². The fraction of sp³-hybridized carbons (Fsp3) is 0.682. The normalized spacial score (nSPS) is 20.4. The monoisotopic (exact) mass is 455 g/mol. The van der Waals surface area contributed by atoms with Crippen LogP contribution in [-0.2, 0) is 10.0 Å². The first-order chi connectivity index (χ1) is 14.8. The molecule has 0 unspecified atom stereocenters. The molecule has 1 saturated heterocycles. The SMILES string of the molecule is CCCS(=O)(=O)N1CCN(C2(CNC(=O)c3ccc(F)cc3OC)CCCCC2)CC1. The fourth-order valence-corrected chi connectivity index (χ4v) is 6.33. The number of ether oxygens (including phenoxy) is 1. The number of hydrogen-bond acceptors (Lipinski definition) is 5. The van der Waals surface area contributed by atoms with E-state index in [0.717, 1.165) is 25.7 Å². The van der Waals surface area contributed by atoms with E-state index >= 15 is 0 Å². The molecule has 174 valence electrons. The van der Waals surface area contributed by atoms with Gasteiger partial charge in [-0.25, -0.2) is 12.8 Å². The van der Waals surface area contributed by atoms with E-state index < -0.39 is 15.8 Å². The number of nitrogens with zero attached hydrogens (tertiary/aromatic N) is 2. The second-order valence-electron chi connectivity index (χ2n) is 8.51. The Morgan fingerprint density at radius 1 is 1.16 bits per heavy atom. The van der Waals surface area contributed by atoms with Crippen molar-refractivity contribution >= 4 is 15.9 Å². The van der Waals surface area contributed by atoms with Crippen molar-refractivity contribution in [1.29, 1.82) is 0 Å². The molecule has 31 heavy (non-hydrogen) atoms. The molecule has 1 aromatic rings. The molecular weight excluding hydrogens is 421 g/mol. The predicted molar refractivity (Wildman–Crippen MR) is 118 cm³/mol. The average Bonchev–Trinajstić information content (AvgIpc) is 2.78. The third-order valence-electron chi connectivity index (χ3n) is 6.54. The van der Waals surface area contributed by atoms with E-state index in [-0.39, 0.29) is 22.9 Å². The number of halogens is 1. The number of methoxy groups -OCH3 is 1. The summed E-state index contributed by atoms with van der Waals surface area (Å²) in [5.41, 5.74) is 0.132. The first-order valence-corrected chi connectivity index (χ1v) is 12.8. The van der Waals surface area contributed by atoms with Crippen LogP contribution in [0.5, 0.6) is 5.75 Å². The van der Waals surface area contributed by atoms with Gasteiger partial charge in [0.1, 0.15) is 11.6 Å². The quantitative estimate of drug-likeness (QED) is 0.652. The van der Waals surface area contributed by atoms with E-state index in [1.54, 1.807) is 4.31 Å². The second-order valence-corrected chi connectivity index (χ2v) is 10.6. The van der Waals surface area contributed by atoms with Crippen LogP contribution in [-0.4, -0.2) is 74.7 Å². The van der Waals surface area contributed by atoms with Gasteiger partial charge < -0.3 is 10.1 Å². The molecule has 0 bridgehead atoms. The summed E-state index contributed by atoms with van der Waals surface area (Å²) >= 11 is 0. The molecule has 7 nitrogen and oxygen atoms in total.